The first-order chi connectivity index (χ1) is 24.3. The van der Waals surface area contributed by atoms with E-state index in [1.54, 1.807) is 0 Å². The fourth-order valence-electron chi connectivity index (χ4n) is 13.5. The predicted octanol–water partition coefficient (Wildman–Crippen LogP) is 1.51. The van der Waals surface area contributed by atoms with E-state index in [2.05, 4.69) is 52.8 Å². The molecule has 10 rings (SSSR count). The van der Waals surface area contributed by atoms with Crippen LogP contribution >= 0.6 is 0 Å². The van der Waals surface area contributed by atoms with Gasteiger partial charge in [0, 0.05) is 38.6 Å². The molecule has 11 nitrogen and oxygen atoms in total. The molecule has 9 N–H and O–H groups in total. The first kappa shape index (κ1) is 33.2. The van der Waals surface area contributed by atoms with Crippen molar-refractivity contribution in [3.63, 3.8) is 0 Å². The van der Waals surface area contributed by atoms with Crippen LogP contribution in [0.25, 0.3) is 0 Å². The summed E-state index contributed by atoms with van der Waals surface area (Å²) in [4.78, 5) is 2.59. The van der Waals surface area contributed by atoms with Crippen LogP contribution in [0, 0.1) is 47.3 Å². The van der Waals surface area contributed by atoms with Gasteiger partial charge in [-0.05, 0) is 92.8 Å². The van der Waals surface area contributed by atoms with Crippen molar-refractivity contribution in [1.29, 1.82) is 0 Å². The topological polar surface area (TPSA) is 121 Å². The molecule has 0 aromatic heterocycles. The minimum absolute atomic E-state index is 0.257. The van der Waals surface area contributed by atoms with Crippen molar-refractivity contribution in [1.82, 2.24) is 52.8 Å². The molecular formula is C38H68N10O. The molecule has 4 aliphatic carbocycles. The van der Waals surface area contributed by atoms with Crippen molar-refractivity contribution < 1.29 is 4.74 Å². The lowest BCUT2D eigenvalue weighted by atomic mass is 9.75. The molecular weight excluding hydrogens is 612 g/mol. The van der Waals surface area contributed by atoms with Gasteiger partial charge in [0.1, 0.15) is 0 Å². The number of piperazine rings is 1. The smallest absolute Gasteiger partial charge is 0.0653 e. The van der Waals surface area contributed by atoms with Crippen molar-refractivity contribution in [3.05, 3.63) is 0 Å². The van der Waals surface area contributed by atoms with Crippen molar-refractivity contribution in [3.8, 4) is 0 Å². The Labute approximate surface area is 295 Å². The minimum Gasteiger partial charge on any atom is -0.376 e. The van der Waals surface area contributed by atoms with E-state index in [-0.39, 0.29) is 6.17 Å². The van der Waals surface area contributed by atoms with Crippen molar-refractivity contribution in [2.75, 3.05) is 39.3 Å². The van der Waals surface area contributed by atoms with E-state index in [9.17, 15) is 0 Å². The largest absolute Gasteiger partial charge is 0.376 e. The fraction of sp³-hybridized carbons (Fsp3) is 1.00. The lowest BCUT2D eigenvalue weighted by molar-refractivity contribution is -0.0438. The number of nitrogens with zero attached hydrogens (tertiary/aromatic N) is 1. The van der Waals surface area contributed by atoms with Gasteiger partial charge < -0.3 is 10.1 Å². The average Bonchev–Trinajstić information content (AvgIpc) is 3.88. The Kier molecular flexibility index (Phi) is 9.76. The van der Waals surface area contributed by atoms with Gasteiger partial charge in [-0.1, -0.05) is 44.9 Å². The molecule has 10 aliphatic rings. The first-order valence-electron chi connectivity index (χ1n) is 21.4. The standard InChI is InChI=1S/C38H68N10O/c1-2-9-23-22(8-1)31-40-32(23)42-34-26-12-5-6-13-27(26)36(44-34)46-38-30-28(14-7-15-29(30)49-21-20-48-18-16-39-17-19-48)37(47-38)45-35-25-11-4-3-10-24(25)33(41-31)43-35/h22-47H,1-21H2. The van der Waals surface area contributed by atoms with Crippen LogP contribution in [0.1, 0.15) is 96.3 Å². The number of ether oxygens (including phenoxy) is 1. The highest BCUT2D eigenvalue weighted by Gasteiger charge is 2.55. The molecule has 4 saturated carbocycles. The quantitative estimate of drug-likeness (QED) is 0.215. The van der Waals surface area contributed by atoms with E-state index in [0.717, 1.165) is 51.2 Å². The van der Waals surface area contributed by atoms with Crippen molar-refractivity contribution >= 4 is 0 Å². The molecule has 17 unspecified atom stereocenters. The van der Waals surface area contributed by atoms with Crippen LogP contribution in [0.2, 0.25) is 0 Å². The van der Waals surface area contributed by atoms with Crippen LogP contribution in [0.15, 0.2) is 0 Å². The number of hydrogen-bond acceptors (Lipinski definition) is 11. The van der Waals surface area contributed by atoms with Gasteiger partial charge in [-0.2, -0.15) is 0 Å². The van der Waals surface area contributed by atoms with Gasteiger partial charge in [0.25, 0.3) is 0 Å². The molecule has 6 aliphatic heterocycles. The van der Waals surface area contributed by atoms with Gasteiger partial charge in [0.15, 0.2) is 0 Å². The minimum atomic E-state index is 0.257. The molecule has 6 saturated heterocycles. The molecule has 49 heavy (non-hydrogen) atoms. The van der Waals surface area contributed by atoms with E-state index >= 15 is 0 Å². The lowest BCUT2D eigenvalue weighted by Gasteiger charge is -2.39. The molecule has 276 valence electrons. The summed E-state index contributed by atoms with van der Waals surface area (Å²) in [5.41, 5.74) is 0. The van der Waals surface area contributed by atoms with Gasteiger partial charge >= 0.3 is 0 Å². The normalized spacial score (nSPS) is 53.0. The third-order valence-corrected chi connectivity index (χ3v) is 15.8. The van der Waals surface area contributed by atoms with Gasteiger partial charge in [-0.3, -0.25) is 47.4 Å². The summed E-state index contributed by atoms with van der Waals surface area (Å²) in [6.45, 7) is 6.43. The van der Waals surface area contributed by atoms with Crippen LogP contribution in [0.5, 0.6) is 0 Å². The van der Waals surface area contributed by atoms with Crippen LogP contribution in [0.4, 0.5) is 0 Å². The Balaban J connectivity index is 0.943. The highest BCUT2D eigenvalue weighted by atomic mass is 16.5. The third-order valence-electron chi connectivity index (χ3n) is 15.8. The monoisotopic (exact) mass is 681 g/mol. The first-order valence-corrected chi connectivity index (χ1v) is 21.4. The average molecular weight is 681 g/mol. The highest BCUT2D eigenvalue weighted by molar-refractivity contribution is 5.09. The van der Waals surface area contributed by atoms with Crippen LogP contribution in [-0.4, -0.2) is 99.7 Å². The summed E-state index contributed by atoms with van der Waals surface area (Å²) in [6.07, 6.45) is 23.2. The Morgan fingerprint density at radius 2 is 0.776 bits per heavy atom. The van der Waals surface area contributed by atoms with Crippen molar-refractivity contribution in [2.45, 2.75) is 152 Å². The number of hydrogen-bond donors (Lipinski definition) is 9. The summed E-state index contributed by atoms with van der Waals surface area (Å²) >= 11 is 0. The van der Waals surface area contributed by atoms with Gasteiger partial charge in [0.2, 0.25) is 0 Å². The van der Waals surface area contributed by atoms with Gasteiger partial charge in [0.05, 0.1) is 62.0 Å². The highest BCUT2D eigenvalue weighted by Crippen LogP contribution is 2.46. The number of rotatable bonds is 4. The Hall–Kier alpha value is -0.440. The Bertz CT molecular complexity index is 1120. The van der Waals surface area contributed by atoms with Crippen LogP contribution in [0.3, 0.4) is 0 Å². The zero-order valence-corrected chi connectivity index (χ0v) is 30.0. The third kappa shape index (κ3) is 6.36. The van der Waals surface area contributed by atoms with Gasteiger partial charge in [-0.15, -0.1) is 0 Å². The SMILES string of the molecule is C1CCC2C3NC(NC4NC(NC5NC(NC6NC(N3)C3CCCCC63)C3C(OCCN6CCNCC6)CCCC53)C3CCCCC43)C2C1. The van der Waals surface area contributed by atoms with Crippen LogP contribution < -0.4 is 47.9 Å². The molecule has 0 radical (unpaired) electrons. The summed E-state index contributed by atoms with van der Waals surface area (Å²) in [7, 11) is 0. The second kappa shape index (κ2) is 14.4. The van der Waals surface area contributed by atoms with Crippen LogP contribution in [-0.2, 0) is 4.74 Å². The van der Waals surface area contributed by atoms with E-state index in [1.807, 2.05) is 0 Å². The second-order valence-corrected chi connectivity index (χ2v) is 18.2. The molecule has 17 atom stereocenters. The summed E-state index contributed by atoms with van der Waals surface area (Å²) in [5, 5.41) is 37.7. The van der Waals surface area contributed by atoms with E-state index in [0.29, 0.717) is 84.8 Å². The molecule has 8 bridgehead atoms. The number of nitrogens with one attached hydrogen (secondary N) is 9. The Morgan fingerprint density at radius 1 is 0.408 bits per heavy atom. The molecule has 0 aromatic rings. The van der Waals surface area contributed by atoms with E-state index < -0.39 is 0 Å². The fourth-order valence-corrected chi connectivity index (χ4v) is 13.5. The Morgan fingerprint density at radius 3 is 1.20 bits per heavy atom. The molecule has 10 fully saturated rings. The maximum Gasteiger partial charge on any atom is 0.0653 e. The van der Waals surface area contributed by atoms with E-state index in [1.165, 1.54) is 96.3 Å². The second-order valence-electron chi connectivity index (χ2n) is 18.2. The molecule has 0 aromatic carbocycles. The number of fused-ring (bicyclic) bond motifs is 20. The summed E-state index contributed by atoms with van der Waals surface area (Å²) < 4.78 is 6.95. The maximum atomic E-state index is 6.95. The molecule has 6 heterocycles. The molecule has 0 spiro atoms. The molecule has 11 heteroatoms. The lowest BCUT2D eigenvalue weighted by Crippen LogP contribution is -2.62. The zero-order chi connectivity index (χ0) is 32.3. The summed E-state index contributed by atoms with van der Waals surface area (Å²) in [5.74, 6) is 5.29. The maximum absolute atomic E-state index is 6.95. The predicted molar refractivity (Wildman–Crippen MR) is 192 cm³/mol. The van der Waals surface area contributed by atoms with Gasteiger partial charge in [-0.25, -0.2) is 0 Å². The molecule has 0 amide bonds. The van der Waals surface area contributed by atoms with E-state index in [4.69, 9.17) is 4.74 Å². The van der Waals surface area contributed by atoms with Crippen molar-refractivity contribution in [2.24, 2.45) is 47.3 Å². The summed E-state index contributed by atoms with van der Waals surface area (Å²) in [6, 6.07) is 0. The zero-order valence-electron chi connectivity index (χ0n) is 30.0.